The molecule has 23 heavy (non-hydrogen) atoms. The molecule has 0 unspecified atom stereocenters. The van der Waals surface area contributed by atoms with E-state index in [9.17, 15) is 14.0 Å². The number of carboxylic acid groups (broad SMARTS) is 2. The van der Waals surface area contributed by atoms with E-state index < -0.39 is 30.1 Å². The number of pyridine rings is 1. The lowest BCUT2D eigenvalue weighted by atomic mass is 10.1. The first-order chi connectivity index (χ1) is 10.8. The molecule has 0 amide bonds. The molecule has 1 aliphatic rings. The molecule has 1 aromatic heterocycles. The summed E-state index contributed by atoms with van der Waals surface area (Å²) in [6, 6.07) is 3.62. The van der Waals surface area contributed by atoms with Crippen LogP contribution in [0.1, 0.15) is 6.42 Å². The van der Waals surface area contributed by atoms with Crippen LogP contribution in [-0.4, -0.2) is 68.8 Å². The predicted molar refractivity (Wildman–Crippen MR) is 73.4 cm³/mol. The zero-order chi connectivity index (χ0) is 17.4. The molecule has 0 saturated carbocycles. The summed E-state index contributed by atoms with van der Waals surface area (Å²) >= 11 is 0. The van der Waals surface area contributed by atoms with Crippen molar-refractivity contribution < 1.29 is 39.1 Å². The Balaban J connectivity index is 0.000000241. The Bertz CT molecular complexity index is 521. The van der Waals surface area contributed by atoms with Gasteiger partial charge in [-0.2, -0.15) is 4.39 Å². The van der Waals surface area contributed by atoms with Crippen molar-refractivity contribution in [1.82, 2.24) is 10.3 Å². The van der Waals surface area contributed by atoms with E-state index in [4.69, 9.17) is 25.2 Å². The molecule has 0 spiro atoms. The second-order valence-electron chi connectivity index (χ2n) is 4.61. The summed E-state index contributed by atoms with van der Waals surface area (Å²) in [5.41, 5.74) is 0. The lowest BCUT2D eigenvalue weighted by molar-refractivity contribution is -0.165. The van der Waals surface area contributed by atoms with Gasteiger partial charge in [0.1, 0.15) is 6.61 Å². The number of aliphatic hydroxyl groups excluding tert-OH is 2. The minimum atomic E-state index is -2.27. The molecule has 1 saturated heterocycles. The number of aromatic nitrogens is 1. The van der Waals surface area contributed by atoms with E-state index >= 15 is 0 Å². The van der Waals surface area contributed by atoms with E-state index in [1.54, 1.807) is 12.1 Å². The van der Waals surface area contributed by atoms with Gasteiger partial charge in [-0.05, 0) is 25.1 Å². The molecule has 5 N–H and O–H groups in total. The zero-order valence-corrected chi connectivity index (χ0v) is 11.9. The Kier molecular flexibility index (Phi) is 7.32. The largest absolute Gasteiger partial charge is 0.487 e. The van der Waals surface area contributed by atoms with Gasteiger partial charge in [-0.25, -0.2) is 14.6 Å². The number of hydrogen-bond donors (Lipinski definition) is 5. The molecule has 128 valence electrons. The average molecular weight is 332 g/mol. The molecule has 3 atom stereocenters. The van der Waals surface area contributed by atoms with Crippen molar-refractivity contribution >= 4 is 11.9 Å². The summed E-state index contributed by atoms with van der Waals surface area (Å²) in [6.45, 7) is 1.55. The molecule has 0 radical (unpaired) electrons. The van der Waals surface area contributed by atoms with Crippen LogP contribution in [0.3, 0.4) is 0 Å². The van der Waals surface area contributed by atoms with Crippen LogP contribution in [0.5, 0.6) is 5.75 Å². The zero-order valence-electron chi connectivity index (χ0n) is 11.9. The van der Waals surface area contributed by atoms with E-state index in [0.29, 0.717) is 12.6 Å². The molecule has 0 bridgehead atoms. The summed E-state index contributed by atoms with van der Waals surface area (Å²) in [4.78, 5) is 23.0. The molecule has 9 nitrogen and oxygen atoms in total. The van der Waals surface area contributed by atoms with E-state index in [-0.39, 0.29) is 5.75 Å². The average Bonchev–Trinajstić information content (AvgIpc) is 2.46. The van der Waals surface area contributed by atoms with Gasteiger partial charge in [-0.1, -0.05) is 0 Å². The van der Waals surface area contributed by atoms with Gasteiger partial charge < -0.3 is 30.5 Å². The van der Waals surface area contributed by atoms with Crippen LogP contribution in [0.2, 0.25) is 0 Å². The van der Waals surface area contributed by atoms with Crippen LogP contribution in [0, 0.1) is 5.95 Å². The number of aliphatic hydroxyl groups is 2. The first-order valence-electron chi connectivity index (χ1n) is 6.61. The van der Waals surface area contributed by atoms with Gasteiger partial charge in [0, 0.05) is 12.2 Å². The third-order valence-corrected chi connectivity index (χ3v) is 2.90. The van der Waals surface area contributed by atoms with Gasteiger partial charge in [-0.3, -0.25) is 0 Å². The number of ether oxygens (including phenoxy) is 1. The number of rotatable bonds is 6. The third-order valence-electron chi connectivity index (χ3n) is 2.90. The van der Waals surface area contributed by atoms with Crippen molar-refractivity contribution in [1.29, 1.82) is 0 Å². The highest BCUT2D eigenvalue weighted by atomic mass is 19.1. The smallest absolute Gasteiger partial charge is 0.335 e. The van der Waals surface area contributed by atoms with E-state index in [1.807, 2.05) is 0 Å². The summed E-state index contributed by atoms with van der Waals surface area (Å²) in [7, 11) is 0. The minimum Gasteiger partial charge on any atom is -0.487 e. The van der Waals surface area contributed by atoms with E-state index in [1.165, 1.54) is 6.20 Å². The Labute approximate surface area is 130 Å². The van der Waals surface area contributed by atoms with Gasteiger partial charge in [0.15, 0.2) is 18.0 Å². The highest BCUT2D eigenvalue weighted by molar-refractivity contribution is 5.83. The van der Waals surface area contributed by atoms with Gasteiger partial charge in [0.05, 0.1) is 0 Å². The maximum absolute atomic E-state index is 12.9. The molecule has 1 aliphatic heterocycles. The number of nitrogens with one attached hydrogen (secondary N) is 1. The summed E-state index contributed by atoms with van der Waals surface area (Å²) in [5.74, 6) is -3.84. The van der Waals surface area contributed by atoms with Gasteiger partial charge in [0.2, 0.25) is 0 Å². The van der Waals surface area contributed by atoms with Crippen LogP contribution >= 0.6 is 0 Å². The monoisotopic (exact) mass is 332 g/mol. The number of halogens is 1. The second kappa shape index (κ2) is 8.98. The van der Waals surface area contributed by atoms with Crippen LogP contribution in [0.4, 0.5) is 4.39 Å². The fraction of sp³-hybridized carbons (Fsp3) is 0.462. The molecule has 2 rings (SSSR count). The first-order valence-corrected chi connectivity index (χ1v) is 6.61. The molecule has 2 heterocycles. The fourth-order valence-electron chi connectivity index (χ4n) is 1.43. The molecule has 0 aromatic carbocycles. The van der Waals surface area contributed by atoms with E-state index in [2.05, 4.69) is 10.3 Å². The normalized spacial score (nSPS) is 18.7. The number of hydrogen-bond acceptors (Lipinski definition) is 7. The SMILES string of the molecule is Fc1ncccc1OC[C@@H]1CCN1.O=C(O)[C@H](O)[C@@H](O)C(=O)O. The van der Waals surface area contributed by atoms with Gasteiger partial charge in [-0.15, -0.1) is 0 Å². The number of nitrogens with zero attached hydrogens (tertiary/aromatic N) is 1. The lowest BCUT2D eigenvalue weighted by Crippen LogP contribution is -2.46. The molecule has 1 fully saturated rings. The highest BCUT2D eigenvalue weighted by Gasteiger charge is 2.29. The number of carbonyl (C=O) groups is 2. The number of aliphatic carboxylic acids is 2. The molecule has 0 aliphatic carbocycles. The summed E-state index contributed by atoms with van der Waals surface area (Å²) < 4.78 is 18.1. The van der Waals surface area contributed by atoms with Crippen LogP contribution in [-0.2, 0) is 9.59 Å². The van der Waals surface area contributed by atoms with Crippen molar-refractivity contribution in [2.24, 2.45) is 0 Å². The highest BCUT2D eigenvalue weighted by Crippen LogP contribution is 2.14. The summed E-state index contributed by atoms with van der Waals surface area (Å²) in [6.07, 6.45) is -2.03. The Hall–Kier alpha value is -2.30. The predicted octanol–water partition coefficient (Wildman–Crippen LogP) is -1.16. The molecule has 1 aromatic rings. The third kappa shape index (κ3) is 6.14. The van der Waals surface area contributed by atoms with Crippen molar-refractivity contribution in [3.05, 3.63) is 24.3 Å². The number of carboxylic acids is 2. The second-order valence-corrected chi connectivity index (χ2v) is 4.61. The molecule has 10 heteroatoms. The lowest BCUT2D eigenvalue weighted by Gasteiger charge is -2.27. The van der Waals surface area contributed by atoms with Crippen molar-refractivity contribution in [3.8, 4) is 5.75 Å². The molecular formula is C13H17FN2O7. The standard InChI is InChI=1S/C9H11FN2O.C4H6O6/c10-9-8(2-1-4-12-9)13-6-7-3-5-11-7;5-1(3(7)8)2(6)4(9)10/h1-2,4,7,11H,3,5-6H2;1-2,5-6H,(H,7,8)(H,9,10)/t7-;1-,2-/m01/s1. The van der Waals surface area contributed by atoms with Gasteiger partial charge >= 0.3 is 11.9 Å². The quantitative estimate of drug-likeness (QED) is 0.406. The summed E-state index contributed by atoms with van der Waals surface area (Å²) in [5, 5.41) is 35.7. The maximum Gasteiger partial charge on any atom is 0.335 e. The van der Waals surface area contributed by atoms with E-state index in [0.717, 1.165) is 13.0 Å². The first kappa shape index (κ1) is 18.7. The van der Waals surface area contributed by atoms with Gasteiger partial charge in [0.25, 0.3) is 5.95 Å². The molecular weight excluding hydrogens is 315 g/mol. The Morgan fingerprint density at radius 2 is 1.91 bits per heavy atom. The van der Waals surface area contributed by atoms with Crippen LogP contribution in [0.25, 0.3) is 0 Å². The topological polar surface area (TPSA) is 149 Å². The fourth-order valence-corrected chi connectivity index (χ4v) is 1.43. The van der Waals surface area contributed by atoms with Crippen molar-refractivity contribution in [3.63, 3.8) is 0 Å². The van der Waals surface area contributed by atoms with Crippen molar-refractivity contribution in [2.45, 2.75) is 24.7 Å². The maximum atomic E-state index is 12.9. The van der Waals surface area contributed by atoms with Crippen LogP contribution in [0.15, 0.2) is 18.3 Å². The Morgan fingerprint density at radius 3 is 2.30 bits per heavy atom. The minimum absolute atomic E-state index is 0.233. The van der Waals surface area contributed by atoms with Crippen LogP contribution < -0.4 is 10.1 Å². The Morgan fingerprint density at radius 1 is 1.35 bits per heavy atom. The van der Waals surface area contributed by atoms with Crippen molar-refractivity contribution in [2.75, 3.05) is 13.2 Å².